The maximum absolute atomic E-state index is 2.45. The summed E-state index contributed by atoms with van der Waals surface area (Å²) in [4.78, 5) is 2.43. The van der Waals surface area contributed by atoms with Gasteiger partial charge in [-0.3, -0.25) is 0 Å². The molecule has 4 heteroatoms. The molecule has 0 aliphatic carbocycles. The maximum Gasteiger partial charge on any atom is 0.0640 e. The van der Waals surface area contributed by atoms with Crippen molar-refractivity contribution in [3.8, 4) is 27.9 Å². The topological polar surface area (TPSA) is 8.17 Å². The van der Waals surface area contributed by atoms with Crippen molar-refractivity contribution < 1.29 is 0 Å². The Morgan fingerprint density at radius 1 is 0.339 bits per heavy atom. The van der Waals surface area contributed by atoms with Gasteiger partial charge in [0.1, 0.15) is 0 Å². The second-order valence-electron chi connectivity index (χ2n) is 16.1. The molecule has 0 aliphatic rings. The van der Waals surface area contributed by atoms with Crippen LogP contribution in [-0.4, -0.2) is 4.57 Å². The molecule has 290 valence electrons. The molecule has 0 atom stereocenters. The fraction of sp³-hybridized carbons (Fsp3) is 0. The van der Waals surface area contributed by atoms with Crippen molar-refractivity contribution in [1.29, 1.82) is 0 Å². The summed E-state index contributed by atoms with van der Waals surface area (Å²) in [6.07, 6.45) is 0. The highest BCUT2D eigenvalue weighted by atomic mass is 32.1. The first-order chi connectivity index (χ1) is 30.7. The zero-order chi connectivity index (χ0) is 40.7. The van der Waals surface area contributed by atoms with Crippen LogP contribution in [0.25, 0.3) is 101 Å². The van der Waals surface area contributed by atoms with E-state index in [9.17, 15) is 0 Å². The van der Waals surface area contributed by atoms with Gasteiger partial charge in [0.25, 0.3) is 0 Å². The van der Waals surface area contributed by atoms with E-state index in [1.165, 1.54) is 101 Å². The molecule has 13 rings (SSSR count). The predicted octanol–water partition coefficient (Wildman–Crippen LogP) is 17.5. The lowest BCUT2D eigenvalue weighted by Gasteiger charge is -2.26. The molecule has 0 radical (unpaired) electrons. The van der Waals surface area contributed by atoms with E-state index in [1.54, 1.807) is 0 Å². The summed E-state index contributed by atoms with van der Waals surface area (Å²) in [6.45, 7) is 0. The third-order valence-corrected chi connectivity index (χ3v) is 14.9. The van der Waals surface area contributed by atoms with E-state index in [2.05, 4.69) is 228 Å². The van der Waals surface area contributed by atoms with Gasteiger partial charge in [-0.2, -0.15) is 0 Å². The highest BCUT2D eigenvalue weighted by molar-refractivity contribution is 7.26. The monoisotopic (exact) mass is 824 g/mol. The van der Waals surface area contributed by atoms with E-state index in [4.69, 9.17) is 0 Å². The lowest BCUT2D eigenvalue weighted by molar-refractivity contribution is 1.19. The van der Waals surface area contributed by atoms with E-state index in [0.29, 0.717) is 0 Å². The van der Waals surface area contributed by atoms with Crippen molar-refractivity contribution >= 4 is 113 Å². The van der Waals surface area contributed by atoms with Crippen molar-refractivity contribution in [2.75, 3.05) is 4.90 Å². The summed E-state index contributed by atoms with van der Waals surface area (Å²) in [5, 5.41) is 10.3. The molecule has 0 aliphatic heterocycles. The van der Waals surface area contributed by atoms with Gasteiger partial charge in [0.15, 0.2) is 0 Å². The van der Waals surface area contributed by atoms with Crippen LogP contribution in [0.2, 0.25) is 0 Å². The molecular weight excluding hydrogens is 789 g/mol. The van der Waals surface area contributed by atoms with Crippen LogP contribution >= 0.6 is 22.7 Å². The van der Waals surface area contributed by atoms with E-state index in [-0.39, 0.29) is 0 Å². The van der Waals surface area contributed by atoms with Gasteiger partial charge in [0.05, 0.1) is 21.4 Å². The molecular formula is C58H36N2S2. The van der Waals surface area contributed by atoms with Crippen LogP contribution in [0.15, 0.2) is 218 Å². The van der Waals surface area contributed by atoms with Gasteiger partial charge in [0.2, 0.25) is 0 Å². The number of anilines is 3. The summed E-state index contributed by atoms with van der Waals surface area (Å²) in [5.41, 5.74) is 11.8. The number of thiophene rings is 2. The third kappa shape index (κ3) is 5.54. The van der Waals surface area contributed by atoms with Crippen molar-refractivity contribution in [3.63, 3.8) is 0 Å². The largest absolute Gasteiger partial charge is 0.309 e. The quantitative estimate of drug-likeness (QED) is 0.162. The van der Waals surface area contributed by atoms with Crippen LogP contribution in [0, 0.1) is 0 Å². The average molecular weight is 825 g/mol. The molecule has 0 bridgehead atoms. The standard InChI is InChI=1S/C58H36N2S2/c1-2-12-42(13-3-1)60-53-35-40(26-32-46(53)50-34-25-39-11-4-5-14-45(39)57(50)60)37-21-28-43(29-22-37)59(52-18-10-17-51-48-16-7-9-20-55(48)62-58(51)52)44-30-23-38(24-31-44)41-27-33-49-47-15-6-8-19-54(47)61-56(49)36-41/h1-36H. The maximum atomic E-state index is 2.45. The van der Waals surface area contributed by atoms with Gasteiger partial charge in [0, 0.05) is 68.9 Å². The lowest BCUT2D eigenvalue weighted by atomic mass is 10.0. The Hall–Kier alpha value is -7.50. The molecule has 0 saturated carbocycles. The van der Waals surface area contributed by atoms with Gasteiger partial charge in [-0.05, 0) is 94.4 Å². The van der Waals surface area contributed by atoms with E-state index >= 15 is 0 Å². The number of benzene rings is 10. The van der Waals surface area contributed by atoms with Crippen LogP contribution < -0.4 is 4.90 Å². The summed E-state index contributed by atoms with van der Waals surface area (Å²) in [6, 6.07) is 80.4. The smallest absolute Gasteiger partial charge is 0.0640 e. The van der Waals surface area contributed by atoms with Crippen molar-refractivity contribution in [2.45, 2.75) is 0 Å². The number of aromatic nitrogens is 1. The fourth-order valence-electron chi connectivity index (χ4n) is 9.65. The Labute approximate surface area is 366 Å². The Morgan fingerprint density at radius 3 is 1.63 bits per heavy atom. The minimum absolute atomic E-state index is 1.11. The SMILES string of the molecule is c1ccc(-n2c3cc(-c4ccc(N(c5ccc(-c6ccc7c(c6)sc6ccccc67)cc5)c5cccc6c5sc5ccccc56)cc4)ccc3c3ccc4ccccc4c32)cc1. The number of para-hydroxylation sites is 1. The molecule has 10 aromatic carbocycles. The third-order valence-electron chi connectivity index (χ3n) is 12.6. The van der Waals surface area contributed by atoms with E-state index < -0.39 is 0 Å². The van der Waals surface area contributed by atoms with Crippen LogP contribution in [0.3, 0.4) is 0 Å². The molecule has 0 N–H and O–H groups in total. The molecule has 62 heavy (non-hydrogen) atoms. The molecule has 0 saturated heterocycles. The fourth-order valence-corrected chi connectivity index (χ4v) is 12.0. The average Bonchev–Trinajstić information content (AvgIpc) is 4.02. The molecule has 3 heterocycles. The first kappa shape index (κ1) is 35.3. The molecule has 13 aromatic rings. The van der Waals surface area contributed by atoms with Gasteiger partial charge < -0.3 is 9.47 Å². The van der Waals surface area contributed by atoms with E-state index in [1.807, 2.05) is 22.7 Å². The number of hydrogen-bond acceptors (Lipinski definition) is 3. The first-order valence-corrected chi connectivity index (χ1v) is 22.7. The Morgan fingerprint density at radius 2 is 0.887 bits per heavy atom. The van der Waals surface area contributed by atoms with Crippen LogP contribution in [-0.2, 0) is 0 Å². The second kappa shape index (κ2) is 14.0. The summed E-state index contributed by atoms with van der Waals surface area (Å²) >= 11 is 3.74. The zero-order valence-electron chi connectivity index (χ0n) is 33.5. The Balaban J connectivity index is 0.935. The summed E-state index contributed by atoms with van der Waals surface area (Å²) in [7, 11) is 0. The van der Waals surface area contributed by atoms with Crippen LogP contribution in [0.1, 0.15) is 0 Å². The van der Waals surface area contributed by atoms with Gasteiger partial charge in [-0.1, -0.05) is 152 Å². The highest BCUT2D eigenvalue weighted by Gasteiger charge is 2.20. The molecule has 0 unspecified atom stereocenters. The highest BCUT2D eigenvalue weighted by Crippen LogP contribution is 2.46. The Bertz CT molecular complexity index is 3850. The van der Waals surface area contributed by atoms with Gasteiger partial charge in [-0.15, -0.1) is 22.7 Å². The minimum Gasteiger partial charge on any atom is -0.309 e. The van der Waals surface area contributed by atoms with Crippen molar-refractivity contribution in [2.24, 2.45) is 0 Å². The van der Waals surface area contributed by atoms with Crippen LogP contribution in [0.5, 0.6) is 0 Å². The summed E-state index contributed by atoms with van der Waals surface area (Å²) in [5.74, 6) is 0. The minimum atomic E-state index is 1.11. The number of nitrogens with zero attached hydrogens (tertiary/aromatic N) is 2. The normalized spacial score (nSPS) is 11.9. The zero-order valence-corrected chi connectivity index (χ0v) is 35.1. The van der Waals surface area contributed by atoms with Crippen molar-refractivity contribution in [3.05, 3.63) is 218 Å². The van der Waals surface area contributed by atoms with Crippen molar-refractivity contribution in [1.82, 2.24) is 4.57 Å². The lowest BCUT2D eigenvalue weighted by Crippen LogP contribution is -2.10. The first-order valence-electron chi connectivity index (χ1n) is 21.1. The van der Waals surface area contributed by atoms with Gasteiger partial charge >= 0.3 is 0 Å². The van der Waals surface area contributed by atoms with Crippen LogP contribution in [0.4, 0.5) is 17.1 Å². The molecule has 0 amide bonds. The number of hydrogen-bond donors (Lipinski definition) is 0. The molecule has 0 fully saturated rings. The molecule has 0 spiro atoms. The van der Waals surface area contributed by atoms with Gasteiger partial charge in [-0.25, -0.2) is 0 Å². The molecule has 2 nitrogen and oxygen atoms in total. The Kier molecular flexibility index (Phi) is 7.99. The summed E-state index contributed by atoms with van der Waals surface area (Å²) < 4.78 is 7.68. The second-order valence-corrected chi connectivity index (χ2v) is 18.2. The predicted molar refractivity (Wildman–Crippen MR) is 270 cm³/mol. The molecule has 3 aromatic heterocycles. The number of fused-ring (bicyclic) bond motifs is 11. The number of rotatable bonds is 6. The van der Waals surface area contributed by atoms with E-state index in [0.717, 1.165) is 17.1 Å².